The number of rotatable bonds is 10. The third kappa shape index (κ3) is 8.34. The number of hydrogen-bond donors (Lipinski definition) is 2. The molecule has 2 fully saturated rings. The number of hydrogen-bond acceptors (Lipinski definition) is 4. The van der Waals surface area contributed by atoms with Crippen molar-refractivity contribution < 1.29 is 9.47 Å². The highest BCUT2D eigenvalue weighted by molar-refractivity contribution is 5.79. The van der Waals surface area contributed by atoms with Crippen molar-refractivity contribution in [1.82, 2.24) is 15.5 Å². The van der Waals surface area contributed by atoms with E-state index in [2.05, 4.69) is 54.5 Å². The van der Waals surface area contributed by atoms with Crippen LogP contribution in [0.3, 0.4) is 0 Å². The minimum Gasteiger partial charge on any atom is -0.488 e. The van der Waals surface area contributed by atoms with E-state index in [1.165, 1.54) is 44.5 Å². The van der Waals surface area contributed by atoms with Crippen molar-refractivity contribution in [1.29, 1.82) is 0 Å². The quantitative estimate of drug-likeness (QED) is 0.337. The number of unbranched alkanes of at least 4 members (excludes halogenated alkanes) is 1. The maximum Gasteiger partial charge on any atom is 0.191 e. The van der Waals surface area contributed by atoms with Crippen molar-refractivity contribution in [3.05, 3.63) is 29.3 Å². The maximum atomic E-state index is 6.22. The van der Waals surface area contributed by atoms with Gasteiger partial charge in [-0.05, 0) is 76.7 Å². The van der Waals surface area contributed by atoms with Gasteiger partial charge in [0.25, 0.3) is 0 Å². The number of aliphatic imine (C=N–C) groups is 1. The number of piperidine rings is 1. The summed E-state index contributed by atoms with van der Waals surface area (Å²) in [6.45, 7) is 14.2. The van der Waals surface area contributed by atoms with Gasteiger partial charge in [-0.1, -0.05) is 19.1 Å². The SMILES string of the molecule is CCNC(=NCc1ccc(C)cc1OC1CCOC1)NCCCCN1CCC(C)CC1. The van der Waals surface area contributed by atoms with Gasteiger partial charge in [-0.2, -0.15) is 0 Å². The minimum atomic E-state index is 0.152. The molecule has 1 unspecified atom stereocenters. The van der Waals surface area contributed by atoms with E-state index >= 15 is 0 Å². The Bertz CT molecular complexity index is 680. The fourth-order valence-corrected chi connectivity index (χ4v) is 4.15. The normalized spacial score (nSPS) is 20.7. The van der Waals surface area contributed by atoms with Crippen molar-refractivity contribution >= 4 is 5.96 Å². The number of ether oxygens (including phenoxy) is 2. The molecule has 0 aliphatic carbocycles. The number of benzene rings is 1. The first-order valence-corrected chi connectivity index (χ1v) is 12.2. The Balaban J connectivity index is 1.45. The first kappa shape index (κ1) is 23.9. The molecule has 2 heterocycles. The number of aryl methyl sites for hydroxylation is 1. The average molecular weight is 431 g/mol. The lowest BCUT2D eigenvalue weighted by Crippen LogP contribution is -2.38. The van der Waals surface area contributed by atoms with Gasteiger partial charge < -0.3 is 25.0 Å². The summed E-state index contributed by atoms with van der Waals surface area (Å²) in [5.74, 6) is 2.72. The van der Waals surface area contributed by atoms with Crippen LogP contribution in [0.2, 0.25) is 0 Å². The van der Waals surface area contributed by atoms with Crippen LogP contribution >= 0.6 is 0 Å². The minimum absolute atomic E-state index is 0.152. The monoisotopic (exact) mass is 430 g/mol. The van der Waals surface area contributed by atoms with Gasteiger partial charge in [0.05, 0.1) is 19.8 Å². The van der Waals surface area contributed by atoms with Crippen LogP contribution < -0.4 is 15.4 Å². The summed E-state index contributed by atoms with van der Waals surface area (Å²) in [5, 5.41) is 6.87. The molecule has 0 radical (unpaired) electrons. The summed E-state index contributed by atoms with van der Waals surface area (Å²) < 4.78 is 11.7. The molecule has 1 aromatic carbocycles. The van der Waals surface area contributed by atoms with Crippen molar-refractivity contribution in [3.63, 3.8) is 0 Å². The fraction of sp³-hybridized carbons (Fsp3) is 0.720. The van der Waals surface area contributed by atoms with E-state index < -0.39 is 0 Å². The summed E-state index contributed by atoms with van der Waals surface area (Å²) in [7, 11) is 0. The van der Waals surface area contributed by atoms with Gasteiger partial charge in [-0.3, -0.25) is 0 Å². The van der Waals surface area contributed by atoms with Gasteiger partial charge in [-0.15, -0.1) is 0 Å². The summed E-state index contributed by atoms with van der Waals surface area (Å²) in [5.41, 5.74) is 2.32. The lowest BCUT2D eigenvalue weighted by molar-refractivity contribution is 0.140. The predicted octanol–water partition coefficient (Wildman–Crippen LogP) is 3.73. The molecule has 2 saturated heterocycles. The lowest BCUT2D eigenvalue weighted by Gasteiger charge is -2.30. The second-order valence-electron chi connectivity index (χ2n) is 9.07. The molecule has 3 rings (SSSR count). The molecule has 0 saturated carbocycles. The van der Waals surface area contributed by atoms with Crippen molar-refractivity contribution in [2.24, 2.45) is 10.9 Å². The maximum absolute atomic E-state index is 6.22. The first-order valence-electron chi connectivity index (χ1n) is 12.2. The van der Waals surface area contributed by atoms with Crippen LogP contribution in [0.4, 0.5) is 0 Å². The molecule has 2 aliphatic rings. The third-order valence-electron chi connectivity index (χ3n) is 6.23. The average Bonchev–Trinajstić information content (AvgIpc) is 3.27. The number of likely N-dealkylation sites (tertiary alicyclic amines) is 1. The van der Waals surface area contributed by atoms with Crippen LogP contribution in [0.5, 0.6) is 5.75 Å². The van der Waals surface area contributed by atoms with Crippen LogP contribution in [0.15, 0.2) is 23.2 Å². The van der Waals surface area contributed by atoms with Crippen molar-refractivity contribution in [2.75, 3.05) is 45.9 Å². The van der Waals surface area contributed by atoms with Crippen LogP contribution in [0, 0.1) is 12.8 Å². The smallest absolute Gasteiger partial charge is 0.191 e. The largest absolute Gasteiger partial charge is 0.488 e. The highest BCUT2D eigenvalue weighted by Crippen LogP contribution is 2.24. The van der Waals surface area contributed by atoms with Crippen LogP contribution in [0.25, 0.3) is 0 Å². The predicted molar refractivity (Wildman–Crippen MR) is 128 cm³/mol. The molecule has 1 atom stereocenters. The molecule has 6 nitrogen and oxygen atoms in total. The molecule has 2 aliphatic heterocycles. The van der Waals surface area contributed by atoms with E-state index in [-0.39, 0.29) is 6.10 Å². The van der Waals surface area contributed by atoms with Gasteiger partial charge in [0.1, 0.15) is 11.9 Å². The second-order valence-corrected chi connectivity index (χ2v) is 9.07. The molecule has 174 valence electrons. The van der Waals surface area contributed by atoms with Crippen LogP contribution in [-0.2, 0) is 11.3 Å². The Morgan fingerprint density at radius 1 is 1.19 bits per heavy atom. The first-order chi connectivity index (χ1) is 15.1. The summed E-state index contributed by atoms with van der Waals surface area (Å²) in [6.07, 6.45) is 6.22. The van der Waals surface area contributed by atoms with Gasteiger partial charge >= 0.3 is 0 Å². The van der Waals surface area contributed by atoms with Crippen molar-refractivity contribution in [3.8, 4) is 5.75 Å². The summed E-state index contributed by atoms with van der Waals surface area (Å²) in [4.78, 5) is 7.44. The highest BCUT2D eigenvalue weighted by Gasteiger charge is 2.19. The van der Waals surface area contributed by atoms with Crippen LogP contribution in [0.1, 0.15) is 57.1 Å². The zero-order valence-corrected chi connectivity index (χ0v) is 19.8. The number of guanidine groups is 1. The van der Waals surface area contributed by atoms with E-state index in [0.29, 0.717) is 13.2 Å². The second kappa shape index (κ2) is 12.9. The summed E-state index contributed by atoms with van der Waals surface area (Å²) >= 11 is 0. The Hall–Kier alpha value is -1.79. The molecular weight excluding hydrogens is 388 g/mol. The molecule has 0 spiro atoms. The molecular formula is C25H42N4O2. The zero-order chi connectivity index (χ0) is 21.9. The van der Waals surface area contributed by atoms with Crippen LogP contribution in [-0.4, -0.2) is 62.9 Å². The Morgan fingerprint density at radius 3 is 2.77 bits per heavy atom. The Morgan fingerprint density at radius 2 is 2.03 bits per heavy atom. The zero-order valence-electron chi connectivity index (χ0n) is 19.8. The van der Waals surface area contributed by atoms with Crippen molar-refractivity contribution in [2.45, 2.75) is 65.5 Å². The Labute approximate surface area is 188 Å². The fourth-order valence-electron chi connectivity index (χ4n) is 4.15. The number of nitrogens with zero attached hydrogens (tertiary/aromatic N) is 2. The third-order valence-corrected chi connectivity index (χ3v) is 6.23. The molecule has 31 heavy (non-hydrogen) atoms. The summed E-state index contributed by atoms with van der Waals surface area (Å²) in [6, 6.07) is 6.38. The topological polar surface area (TPSA) is 58.1 Å². The van der Waals surface area contributed by atoms with E-state index in [4.69, 9.17) is 14.5 Å². The molecule has 6 heteroatoms. The van der Waals surface area contributed by atoms with E-state index in [1.807, 2.05) is 0 Å². The molecule has 0 bridgehead atoms. The highest BCUT2D eigenvalue weighted by atomic mass is 16.5. The van der Waals surface area contributed by atoms with Gasteiger partial charge in [0.15, 0.2) is 5.96 Å². The molecule has 2 N–H and O–H groups in total. The van der Waals surface area contributed by atoms with Gasteiger partial charge in [0, 0.05) is 25.1 Å². The van der Waals surface area contributed by atoms with Gasteiger partial charge in [-0.25, -0.2) is 4.99 Å². The number of nitrogens with one attached hydrogen (secondary N) is 2. The Kier molecular flexibility index (Phi) is 9.94. The van der Waals surface area contributed by atoms with E-state index in [1.54, 1.807) is 0 Å². The van der Waals surface area contributed by atoms with E-state index in [0.717, 1.165) is 55.7 Å². The standard InChI is InChI=1S/C25H42N4O2/c1-4-26-25(27-12-5-6-13-29-14-9-20(2)10-15-29)28-18-22-8-7-21(3)17-24(22)31-23-11-16-30-19-23/h7-8,17,20,23H,4-6,9-16,18-19H2,1-3H3,(H2,26,27,28). The van der Waals surface area contributed by atoms with Gasteiger partial charge in [0.2, 0.25) is 0 Å². The molecule has 0 amide bonds. The van der Waals surface area contributed by atoms with E-state index in [9.17, 15) is 0 Å². The lowest BCUT2D eigenvalue weighted by atomic mass is 9.99. The molecule has 0 aromatic heterocycles. The molecule has 1 aromatic rings.